The van der Waals surface area contributed by atoms with E-state index < -0.39 is 5.97 Å². The van der Waals surface area contributed by atoms with E-state index in [1.54, 1.807) is 6.08 Å². The quantitative estimate of drug-likeness (QED) is 0.622. The van der Waals surface area contributed by atoms with E-state index in [0.29, 0.717) is 24.9 Å². The summed E-state index contributed by atoms with van der Waals surface area (Å²) in [6, 6.07) is 13.2. The molecule has 0 saturated heterocycles. The van der Waals surface area contributed by atoms with Crippen molar-refractivity contribution < 1.29 is 19.0 Å². The van der Waals surface area contributed by atoms with Crippen LogP contribution in [0.25, 0.3) is 6.08 Å². The van der Waals surface area contributed by atoms with Crippen molar-refractivity contribution in [2.45, 2.75) is 13.3 Å². The summed E-state index contributed by atoms with van der Waals surface area (Å²) in [7, 11) is 0. The van der Waals surface area contributed by atoms with Gasteiger partial charge in [-0.3, -0.25) is 0 Å². The summed E-state index contributed by atoms with van der Waals surface area (Å²) in [5.74, 6) is 1.27. The van der Waals surface area contributed by atoms with E-state index in [1.165, 1.54) is 0 Å². The number of ether oxygens (including phenoxy) is 3. The summed E-state index contributed by atoms with van der Waals surface area (Å²) in [4.78, 5) is 16.4. The second-order valence-corrected chi connectivity index (χ2v) is 5.96. The first-order valence-corrected chi connectivity index (χ1v) is 8.18. The summed E-state index contributed by atoms with van der Waals surface area (Å²) < 4.78 is 16.6. The number of esters is 1. The highest BCUT2D eigenvalue weighted by Gasteiger charge is 2.24. The van der Waals surface area contributed by atoms with E-state index in [0.717, 1.165) is 28.9 Å². The summed E-state index contributed by atoms with van der Waals surface area (Å²) in [5.41, 5.74) is 2.99. The van der Waals surface area contributed by atoms with Gasteiger partial charge < -0.3 is 14.2 Å². The number of hydrogen-bond donors (Lipinski definition) is 0. The van der Waals surface area contributed by atoms with Gasteiger partial charge in [-0.1, -0.05) is 23.8 Å². The fraction of sp³-hybridized carbons (Fsp3) is 0.200. The Morgan fingerprint density at radius 1 is 1.00 bits per heavy atom. The van der Waals surface area contributed by atoms with Crippen LogP contribution in [-0.2, 0) is 9.53 Å². The molecule has 2 aliphatic rings. The summed E-state index contributed by atoms with van der Waals surface area (Å²) >= 11 is 0. The van der Waals surface area contributed by atoms with Gasteiger partial charge in [0.1, 0.15) is 0 Å². The Hall–Kier alpha value is -3.08. The zero-order valence-electron chi connectivity index (χ0n) is 13.8. The van der Waals surface area contributed by atoms with Crippen molar-refractivity contribution in [3.63, 3.8) is 0 Å². The molecule has 0 bridgehead atoms. The average Bonchev–Trinajstić information content (AvgIpc) is 2.82. The van der Waals surface area contributed by atoms with Crippen LogP contribution in [0.3, 0.4) is 0 Å². The second kappa shape index (κ2) is 6.43. The van der Waals surface area contributed by atoms with E-state index in [9.17, 15) is 4.79 Å². The number of cyclic esters (lactones) is 1. The Morgan fingerprint density at radius 3 is 2.56 bits per heavy atom. The van der Waals surface area contributed by atoms with Crippen LogP contribution in [0.5, 0.6) is 11.5 Å². The summed E-state index contributed by atoms with van der Waals surface area (Å²) in [6.45, 7) is 3.26. The van der Waals surface area contributed by atoms with Gasteiger partial charge in [-0.25, -0.2) is 9.79 Å². The van der Waals surface area contributed by atoms with E-state index >= 15 is 0 Å². The minimum Gasteiger partial charge on any atom is -0.490 e. The van der Waals surface area contributed by atoms with Crippen molar-refractivity contribution in [1.29, 1.82) is 0 Å². The molecule has 2 aromatic carbocycles. The SMILES string of the molecule is Cc1ccc(C2=N/C(=C/c3ccc4c(c3)OCCCO4)C(=O)O2)cc1. The van der Waals surface area contributed by atoms with Gasteiger partial charge >= 0.3 is 5.97 Å². The average molecular weight is 335 g/mol. The maximum absolute atomic E-state index is 12.1. The van der Waals surface area contributed by atoms with Crippen molar-refractivity contribution in [3.8, 4) is 11.5 Å². The molecule has 0 radical (unpaired) electrons. The van der Waals surface area contributed by atoms with Gasteiger partial charge in [-0.2, -0.15) is 0 Å². The minimum atomic E-state index is -0.456. The highest BCUT2D eigenvalue weighted by atomic mass is 16.6. The van der Waals surface area contributed by atoms with Crippen molar-refractivity contribution in [1.82, 2.24) is 0 Å². The number of nitrogens with zero attached hydrogens (tertiary/aromatic N) is 1. The van der Waals surface area contributed by atoms with Gasteiger partial charge in [0.05, 0.1) is 13.2 Å². The highest BCUT2D eigenvalue weighted by Crippen LogP contribution is 2.31. The molecular formula is C20H17NO4. The lowest BCUT2D eigenvalue weighted by Gasteiger charge is -2.07. The summed E-state index contributed by atoms with van der Waals surface area (Å²) in [6.07, 6.45) is 2.54. The van der Waals surface area contributed by atoms with Crippen LogP contribution in [0.15, 0.2) is 53.2 Å². The fourth-order valence-electron chi connectivity index (χ4n) is 2.66. The van der Waals surface area contributed by atoms with Gasteiger partial charge in [0.2, 0.25) is 5.90 Å². The molecule has 2 aliphatic heterocycles. The Bertz CT molecular complexity index is 881. The Labute approximate surface area is 145 Å². The number of rotatable bonds is 2. The third-order valence-electron chi connectivity index (χ3n) is 3.99. The van der Waals surface area contributed by atoms with Crippen LogP contribution in [0.4, 0.5) is 0 Å². The normalized spacial score (nSPS) is 17.9. The van der Waals surface area contributed by atoms with Crippen LogP contribution in [-0.4, -0.2) is 25.1 Å². The van der Waals surface area contributed by atoms with E-state index in [2.05, 4.69) is 4.99 Å². The van der Waals surface area contributed by atoms with Gasteiger partial charge in [0.15, 0.2) is 17.2 Å². The molecule has 0 N–H and O–H groups in total. The first-order chi connectivity index (χ1) is 12.2. The zero-order chi connectivity index (χ0) is 17.2. The topological polar surface area (TPSA) is 57.1 Å². The van der Waals surface area contributed by atoms with Crippen LogP contribution in [0.2, 0.25) is 0 Å². The smallest absolute Gasteiger partial charge is 0.363 e. The molecule has 0 fully saturated rings. The number of hydrogen-bond acceptors (Lipinski definition) is 5. The molecule has 0 aliphatic carbocycles. The number of carbonyl (C=O) groups excluding carboxylic acids is 1. The molecule has 0 atom stereocenters. The molecule has 5 nitrogen and oxygen atoms in total. The fourth-order valence-corrected chi connectivity index (χ4v) is 2.66. The van der Waals surface area contributed by atoms with Crippen LogP contribution in [0.1, 0.15) is 23.1 Å². The van der Waals surface area contributed by atoms with E-state index in [4.69, 9.17) is 14.2 Å². The number of aryl methyl sites for hydroxylation is 1. The number of benzene rings is 2. The van der Waals surface area contributed by atoms with Crippen LogP contribution >= 0.6 is 0 Å². The molecule has 0 saturated carbocycles. The van der Waals surface area contributed by atoms with E-state index in [-0.39, 0.29) is 5.70 Å². The standard InChI is InChI=1S/C20H17NO4/c1-13-3-6-15(7-4-13)19-21-16(20(22)25-19)11-14-5-8-17-18(12-14)24-10-2-9-23-17/h3-8,11-12H,2,9-10H2,1H3/b16-11+. The monoisotopic (exact) mass is 335 g/mol. The lowest BCUT2D eigenvalue weighted by atomic mass is 10.1. The number of fused-ring (bicyclic) bond motifs is 1. The van der Waals surface area contributed by atoms with Gasteiger partial charge in [0.25, 0.3) is 0 Å². The minimum absolute atomic E-state index is 0.269. The molecule has 5 heteroatoms. The molecule has 0 spiro atoms. The molecule has 0 unspecified atom stereocenters. The maximum atomic E-state index is 12.1. The maximum Gasteiger partial charge on any atom is 0.363 e. The molecule has 2 aromatic rings. The predicted molar refractivity (Wildman–Crippen MR) is 93.8 cm³/mol. The largest absolute Gasteiger partial charge is 0.490 e. The number of carbonyl (C=O) groups is 1. The lowest BCUT2D eigenvalue weighted by Crippen LogP contribution is -2.05. The van der Waals surface area contributed by atoms with E-state index in [1.807, 2.05) is 49.4 Å². The predicted octanol–water partition coefficient (Wildman–Crippen LogP) is 3.50. The first-order valence-electron chi connectivity index (χ1n) is 8.18. The second-order valence-electron chi connectivity index (χ2n) is 5.96. The molecule has 4 rings (SSSR count). The van der Waals surface area contributed by atoms with Crippen LogP contribution < -0.4 is 9.47 Å². The molecule has 0 aromatic heterocycles. The van der Waals surface area contributed by atoms with Crippen molar-refractivity contribution in [2.75, 3.05) is 13.2 Å². The highest BCUT2D eigenvalue weighted by molar-refractivity contribution is 6.12. The number of aliphatic imine (C=N–C) groups is 1. The molecule has 2 heterocycles. The van der Waals surface area contributed by atoms with Crippen molar-refractivity contribution in [2.24, 2.45) is 4.99 Å². The Kier molecular flexibility index (Phi) is 3.98. The lowest BCUT2D eigenvalue weighted by molar-refractivity contribution is -0.129. The van der Waals surface area contributed by atoms with Crippen molar-refractivity contribution >= 4 is 17.9 Å². The third-order valence-corrected chi connectivity index (χ3v) is 3.99. The molecule has 126 valence electrons. The molecular weight excluding hydrogens is 318 g/mol. The van der Waals surface area contributed by atoms with Crippen molar-refractivity contribution in [3.05, 3.63) is 64.9 Å². The van der Waals surface area contributed by atoms with Gasteiger partial charge in [-0.15, -0.1) is 0 Å². The Morgan fingerprint density at radius 2 is 1.76 bits per heavy atom. The van der Waals surface area contributed by atoms with Gasteiger partial charge in [-0.05, 0) is 42.8 Å². The third kappa shape index (κ3) is 3.26. The summed E-state index contributed by atoms with van der Waals surface area (Å²) in [5, 5.41) is 0. The van der Waals surface area contributed by atoms with Gasteiger partial charge in [0, 0.05) is 12.0 Å². The van der Waals surface area contributed by atoms with Crippen LogP contribution in [0, 0.1) is 6.92 Å². The Balaban J connectivity index is 1.63. The molecule has 25 heavy (non-hydrogen) atoms. The zero-order valence-corrected chi connectivity index (χ0v) is 13.8. The first kappa shape index (κ1) is 15.4. The molecule has 0 amide bonds.